The molecule has 0 amide bonds. The van der Waals surface area contributed by atoms with Crippen molar-refractivity contribution >= 4 is 5.71 Å². The smallest absolute Gasteiger partial charge is 0.134 e. The number of nitrogens with zero attached hydrogens (tertiary/aromatic N) is 1. The van der Waals surface area contributed by atoms with Gasteiger partial charge in [-0.15, -0.1) is 0 Å². The highest BCUT2D eigenvalue weighted by Crippen LogP contribution is 2.30. The molecule has 0 aromatic heterocycles. The summed E-state index contributed by atoms with van der Waals surface area (Å²) in [4.78, 5) is 0. The molecule has 1 aromatic rings. The number of hydrogen-bond donors (Lipinski definition) is 1. The molecule has 1 atom stereocenters. The van der Waals surface area contributed by atoms with E-state index in [0.717, 1.165) is 17.1 Å². The summed E-state index contributed by atoms with van der Waals surface area (Å²) >= 11 is 0. The van der Waals surface area contributed by atoms with Crippen molar-refractivity contribution < 1.29 is 14.7 Å². The zero-order chi connectivity index (χ0) is 13.0. The van der Waals surface area contributed by atoms with E-state index in [1.807, 2.05) is 18.2 Å². The van der Waals surface area contributed by atoms with Crippen LogP contribution >= 0.6 is 0 Å². The summed E-state index contributed by atoms with van der Waals surface area (Å²) < 4.78 is 11.2. The summed E-state index contributed by atoms with van der Waals surface area (Å²) in [6, 6.07) is 5.61. The lowest BCUT2D eigenvalue weighted by atomic mass is 10.1. The average Bonchev–Trinajstić information content (AvgIpc) is 2.79. The van der Waals surface area contributed by atoms with E-state index in [4.69, 9.17) is 14.7 Å². The van der Waals surface area contributed by atoms with E-state index >= 15 is 0 Å². The van der Waals surface area contributed by atoms with Gasteiger partial charge in [-0.2, -0.15) is 0 Å². The maximum absolute atomic E-state index is 8.79. The zero-order valence-corrected chi connectivity index (χ0v) is 10.8. The third-order valence-corrected chi connectivity index (χ3v) is 3.07. The van der Waals surface area contributed by atoms with Crippen molar-refractivity contribution in [2.24, 2.45) is 11.1 Å². The molecule has 1 heterocycles. The van der Waals surface area contributed by atoms with E-state index in [-0.39, 0.29) is 0 Å². The van der Waals surface area contributed by atoms with Gasteiger partial charge in [0.1, 0.15) is 23.8 Å². The minimum absolute atomic E-state index is 0.321. The van der Waals surface area contributed by atoms with E-state index in [1.165, 1.54) is 12.8 Å². The molecule has 1 aliphatic heterocycles. The molecule has 1 aliphatic rings. The number of hydrogen-bond acceptors (Lipinski definition) is 4. The summed E-state index contributed by atoms with van der Waals surface area (Å²) in [5.41, 5.74) is 1.40. The molecular formula is C14H19NO3. The van der Waals surface area contributed by atoms with Crippen LogP contribution in [0.5, 0.6) is 11.5 Å². The van der Waals surface area contributed by atoms with Crippen molar-refractivity contribution in [1.82, 2.24) is 0 Å². The Kier molecular flexibility index (Phi) is 4.07. The standard InChI is InChI=1S/C14H19NO3/c1-3-4-10(2)8-17-11-5-6-12-13(15-16)9-18-14(12)7-11/h5-7,10,16H,3-4,8-9H2,1-2H3/b15-13+. The molecule has 0 fully saturated rings. The third kappa shape index (κ3) is 2.75. The van der Waals surface area contributed by atoms with Crippen molar-refractivity contribution in [3.63, 3.8) is 0 Å². The third-order valence-electron chi connectivity index (χ3n) is 3.07. The second kappa shape index (κ2) is 5.76. The van der Waals surface area contributed by atoms with Gasteiger partial charge in [-0.3, -0.25) is 0 Å². The first-order valence-electron chi connectivity index (χ1n) is 6.35. The summed E-state index contributed by atoms with van der Waals surface area (Å²) in [7, 11) is 0. The lowest BCUT2D eigenvalue weighted by molar-refractivity contribution is 0.250. The quantitative estimate of drug-likeness (QED) is 0.644. The molecular weight excluding hydrogens is 230 g/mol. The van der Waals surface area contributed by atoms with E-state index < -0.39 is 0 Å². The van der Waals surface area contributed by atoms with Gasteiger partial charge in [0.05, 0.1) is 6.61 Å². The van der Waals surface area contributed by atoms with Gasteiger partial charge in [0.15, 0.2) is 0 Å². The lowest BCUT2D eigenvalue weighted by Crippen LogP contribution is -2.08. The fourth-order valence-electron chi connectivity index (χ4n) is 2.07. The molecule has 0 saturated carbocycles. The second-order valence-corrected chi connectivity index (χ2v) is 4.70. The number of ether oxygens (including phenoxy) is 2. The van der Waals surface area contributed by atoms with Gasteiger partial charge in [-0.1, -0.05) is 25.4 Å². The Morgan fingerprint density at radius 3 is 3.06 bits per heavy atom. The molecule has 1 aromatic carbocycles. The highest BCUT2D eigenvalue weighted by atomic mass is 16.5. The van der Waals surface area contributed by atoms with E-state index in [0.29, 0.717) is 24.8 Å². The molecule has 18 heavy (non-hydrogen) atoms. The van der Waals surface area contributed by atoms with Crippen molar-refractivity contribution in [3.05, 3.63) is 23.8 Å². The van der Waals surface area contributed by atoms with Crippen LogP contribution in [0.2, 0.25) is 0 Å². The number of fused-ring (bicyclic) bond motifs is 1. The largest absolute Gasteiger partial charge is 0.493 e. The number of oxime groups is 1. The van der Waals surface area contributed by atoms with Gasteiger partial charge in [0.25, 0.3) is 0 Å². The maximum atomic E-state index is 8.79. The SMILES string of the molecule is CCCC(C)COc1ccc2c(c1)OC/C2=N\O. The van der Waals surface area contributed by atoms with Crippen LogP contribution in [-0.4, -0.2) is 24.1 Å². The molecule has 0 spiro atoms. The number of benzene rings is 1. The van der Waals surface area contributed by atoms with Crippen molar-refractivity contribution in [3.8, 4) is 11.5 Å². The Labute approximate surface area is 107 Å². The monoisotopic (exact) mass is 249 g/mol. The first kappa shape index (κ1) is 12.7. The van der Waals surface area contributed by atoms with E-state index in [1.54, 1.807) is 0 Å². The van der Waals surface area contributed by atoms with Gasteiger partial charge in [-0.25, -0.2) is 0 Å². The van der Waals surface area contributed by atoms with E-state index in [9.17, 15) is 0 Å². The van der Waals surface area contributed by atoms with Crippen LogP contribution in [0.3, 0.4) is 0 Å². The topological polar surface area (TPSA) is 51.0 Å². The van der Waals surface area contributed by atoms with Crippen molar-refractivity contribution in [2.75, 3.05) is 13.2 Å². The summed E-state index contributed by atoms with van der Waals surface area (Å²) in [5.74, 6) is 2.08. The Morgan fingerprint density at radius 2 is 2.33 bits per heavy atom. The molecule has 0 aliphatic carbocycles. The predicted molar refractivity (Wildman–Crippen MR) is 69.8 cm³/mol. The molecule has 1 unspecified atom stereocenters. The number of rotatable bonds is 5. The summed E-state index contributed by atoms with van der Waals surface area (Å²) in [5, 5.41) is 12.0. The predicted octanol–water partition coefficient (Wildman–Crippen LogP) is 3.07. The average molecular weight is 249 g/mol. The van der Waals surface area contributed by atoms with Crippen molar-refractivity contribution in [2.45, 2.75) is 26.7 Å². The molecule has 4 heteroatoms. The summed E-state index contributed by atoms with van der Waals surface area (Å²) in [6.45, 7) is 5.40. The first-order chi connectivity index (χ1) is 8.74. The van der Waals surface area contributed by atoms with Gasteiger partial charge in [-0.05, 0) is 24.5 Å². The van der Waals surface area contributed by atoms with Crippen LogP contribution in [0.15, 0.2) is 23.4 Å². The Bertz CT molecular complexity index is 443. The minimum atomic E-state index is 0.321. The van der Waals surface area contributed by atoms with Gasteiger partial charge >= 0.3 is 0 Å². The normalized spacial score (nSPS) is 17.3. The maximum Gasteiger partial charge on any atom is 0.134 e. The molecule has 1 N–H and O–H groups in total. The fraction of sp³-hybridized carbons (Fsp3) is 0.500. The summed E-state index contributed by atoms with van der Waals surface area (Å²) in [6.07, 6.45) is 2.34. The van der Waals surface area contributed by atoms with Crippen LogP contribution in [0, 0.1) is 5.92 Å². The second-order valence-electron chi connectivity index (χ2n) is 4.70. The van der Waals surface area contributed by atoms with Gasteiger partial charge in [0.2, 0.25) is 0 Å². The lowest BCUT2D eigenvalue weighted by Gasteiger charge is -2.12. The molecule has 2 rings (SSSR count). The molecule has 4 nitrogen and oxygen atoms in total. The fourth-order valence-corrected chi connectivity index (χ4v) is 2.07. The van der Waals surface area contributed by atoms with Crippen LogP contribution < -0.4 is 9.47 Å². The highest BCUT2D eigenvalue weighted by Gasteiger charge is 2.20. The first-order valence-corrected chi connectivity index (χ1v) is 6.35. The van der Waals surface area contributed by atoms with Crippen LogP contribution in [-0.2, 0) is 0 Å². The highest BCUT2D eigenvalue weighted by molar-refractivity contribution is 6.05. The minimum Gasteiger partial charge on any atom is -0.493 e. The molecule has 0 radical (unpaired) electrons. The van der Waals surface area contributed by atoms with Crippen molar-refractivity contribution in [1.29, 1.82) is 0 Å². The Hall–Kier alpha value is -1.71. The Balaban J connectivity index is 2.00. The van der Waals surface area contributed by atoms with Crippen LogP contribution in [0.25, 0.3) is 0 Å². The van der Waals surface area contributed by atoms with E-state index in [2.05, 4.69) is 19.0 Å². The molecule has 0 bridgehead atoms. The van der Waals surface area contributed by atoms with Gasteiger partial charge in [0, 0.05) is 11.6 Å². The molecule has 0 saturated heterocycles. The van der Waals surface area contributed by atoms with Gasteiger partial charge < -0.3 is 14.7 Å². The van der Waals surface area contributed by atoms with Crippen LogP contribution in [0.4, 0.5) is 0 Å². The Morgan fingerprint density at radius 1 is 1.50 bits per heavy atom. The zero-order valence-electron chi connectivity index (χ0n) is 10.8. The van der Waals surface area contributed by atoms with Crippen LogP contribution in [0.1, 0.15) is 32.3 Å². The molecule has 98 valence electrons.